The van der Waals surface area contributed by atoms with Gasteiger partial charge in [-0.3, -0.25) is 9.59 Å². The lowest BCUT2D eigenvalue weighted by molar-refractivity contribution is -0.153. The van der Waals surface area contributed by atoms with E-state index in [0.717, 1.165) is 29.7 Å². The summed E-state index contributed by atoms with van der Waals surface area (Å²) in [4.78, 5) is 24.0. The normalized spacial score (nSPS) is 18.0. The molecule has 0 fully saturated rings. The third-order valence-corrected chi connectivity index (χ3v) is 3.86. The zero-order valence-electron chi connectivity index (χ0n) is 13.4. The van der Waals surface area contributed by atoms with Crippen molar-refractivity contribution in [3.8, 4) is 0 Å². The van der Waals surface area contributed by atoms with E-state index >= 15 is 0 Å². The highest BCUT2D eigenvalue weighted by Gasteiger charge is 2.21. The van der Waals surface area contributed by atoms with Crippen LogP contribution in [0, 0.1) is 19.8 Å². The van der Waals surface area contributed by atoms with Gasteiger partial charge in [0, 0.05) is 5.69 Å². The molecule has 118 valence electrons. The summed E-state index contributed by atoms with van der Waals surface area (Å²) in [6.07, 6.45) is 5.67. The summed E-state index contributed by atoms with van der Waals surface area (Å²) in [5, 5.41) is 2.81. The Kier molecular flexibility index (Phi) is 5.36. The molecule has 4 heteroatoms. The lowest BCUT2D eigenvalue weighted by Gasteiger charge is -2.16. The minimum atomic E-state index is -0.793. The van der Waals surface area contributed by atoms with E-state index < -0.39 is 6.10 Å². The number of hydrogen-bond donors (Lipinski definition) is 1. The zero-order valence-corrected chi connectivity index (χ0v) is 13.4. The van der Waals surface area contributed by atoms with E-state index in [1.54, 1.807) is 6.92 Å². The number of nitrogens with one attached hydrogen (secondary N) is 1. The molecule has 0 heterocycles. The minimum Gasteiger partial charge on any atom is -0.453 e. The molecule has 0 bridgehead atoms. The molecule has 0 saturated heterocycles. The standard InChI is InChI=1S/C18H23NO3/c1-12-8-9-16(13(2)10-12)19-18(21)14(3)22-17(20)11-15-6-4-5-7-15/h4,6,8-10,14-15H,5,7,11H2,1-3H3,(H,19,21)/t14-,15+/m1/s1. The Morgan fingerprint density at radius 3 is 2.77 bits per heavy atom. The first-order valence-electron chi connectivity index (χ1n) is 7.70. The smallest absolute Gasteiger partial charge is 0.307 e. The molecule has 1 amide bonds. The van der Waals surface area contributed by atoms with E-state index in [1.165, 1.54) is 0 Å². The maximum atomic E-state index is 12.1. The summed E-state index contributed by atoms with van der Waals surface area (Å²) < 4.78 is 5.23. The number of ether oxygens (including phenoxy) is 1. The van der Waals surface area contributed by atoms with Crippen LogP contribution in [0.4, 0.5) is 5.69 Å². The molecule has 1 aromatic rings. The third-order valence-electron chi connectivity index (χ3n) is 3.86. The van der Waals surface area contributed by atoms with Crippen molar-refractivity contribution in [2.75, 3.05) is 5.32 Å². The molecular formula is C18H23NO3. The second kappa shape index (κ2) is 7.25. The van der Waals surface area contributed by atoms with Gasteiger partial charge in [-0.15, -0.1) is 0 Å². The van der Waals surface area contributed by atoms with Gasteiger partial charge in [0.1, 0.15) is 0 Å². The van der Waals surface area contributed by atoms with Crippen LogP contribution in [0.5, 0.6) is 0 Å². The van der Waals surface area contributed by atoms with Crippen molar-refractivity contribution in [2.24, 2.45) is 5.92 Å². The molecule has 22 heavy (non-hydrogen) atoms. The lowest BCUT2D eigenvalue weighted by atomic mass is 10.1. The molecule has 0 spiro atoms. The second-order valence-electron chi connectivity index (χ2n) is 5.91. The summed E-state index contributed by atoms with van der Waals surface area (Å²) in [5.41, 5.74) is 2.87. The van der Waals surface area contributed by atoms with Crippen molar-refractivity contribution in [3.63, 3.8) is 0 Å². The Morgan fingerprint density at radius 1 is 1.36 bits per heavy atom. The van der Waals surface area contributed by atoms with Crippen LogP contribution >= 0.6 is 0 Å². The Labute approximate surface area is 131 Å². The van der Waals surface area contributed by atoms with Crippen LogP contribution in [0.25, 0.3) is 0 Å². The SMILES string of the molecule is Cc1ccc(NC(=O)[C@@H](C)OC(=O)C[C@H]2C=CCC2)c(C)c1. The topological polar surface area (TPSA) is 55.4 Å². The van der Waals surface area contributed by atoms with E-state index in [0.29, 0.717) is 6.42 Å². The zero-order chi connectivity index (χ0) is 16.1. The van der Waals surface area contributed by atoms with Gasteiger partial charge in [-0.2, -0.15) is 0 Å². The average molecular weight is 301 g/mol. The number of allylic oxidation sites excluding steroid dienone is 2. The predicted octanol–water partition coefficient (Wildman–Crippen LogP) is 3.53. The summed E-state index contributed by atoms with van der Waals surface area (Å²) in [7, 11) is 0. The first kappa shape index (κ1) is 16.3. The summed E-state index contributed by atoms with van der Waals surface area (Å²) in [6.45, 7) is 5.54. The Morgan fingerprint density at radius 2 is 2.14 bits per heavy atom. The van der Waals surface area contributed by atoms with Crippen LogP contribution in [0.3, 0.4) is 0 Å². The van der Waals surface area contributed by atoms with Crippen molar-refractivity contribution in [1.82, 2.24) is 0 Å². The minimum absolute atomic E-state index is 0.252. The number of carbonyl (C=O) groups excluding carboxylic acids is 2. The van der Waals surface area contributed by atoms with Gasteiger partial charge in [0.2, 0.25) is 0 Å². The van der Waals surface area contributed by atoms with Crippen molar-refractivity contribution in [2.45, 2.75) is 46.1 Å². The van der Waals surface area contributed by atoms with Crippen LogP contribution in [0.1, 0.15) is 37.3 Å². The molecule has 1 aliphatic rings. The van der Waals surface area contributed by atoms with E-state index in [9.17, 15) is 9.59 Å². The fraction of sp³-hybridized carbons (Fsp3) is 0.444. The van der Waals surface area contributed by atoms with Crippen molar-refractivity contribution in [1.29, 1.82) is 0 Å². The number of hydrogen-bond acceptors (Lipinski definition) is 3. The lowest BCUT2D eigenvalue weighted by Crippen LogP contribution is -2.30. The Hall–Kier alpha value is -2.10. The second-order valence-corrected chi connectivity index (χ2v) is 5.91. The molecule has 0 aromatic heterocycles. The molecule has 1 N–H and O–H groups in total. The third kappa shape index (κ3) is 4.45. The number of benzene rings is 1. The average Bonchev–Trinajstić information content (AvgIpc) is 2.94. The van der Waals surface area contributed by atoms with Gasteiger partial charge in [0.25, 0.3) is 5.91 Å². The van der Waals surface area contributed by atoms with Crippen LogP contribution in [-0.4, -0.2) is 18.0 Å². The highest BCUT2D eigenvalue weighted by atomic mass is 16.5. The number of aryl methyl sites for hydroxylation is 2. The van der Waals surface area contributed by atoms with Crippen LogP contribution in [0.15, 0.2) is 30.4 Å². The molecule has 0 saturated carbocycles. The predicted molar refractivity (Wildman–Crippen MR) is 86.6 cm³/mol. The summed E-state index contributed by atoms with van der Waals surface area (Å²) in [5.74, 6) is -0.371. The maximum Gasteiger partial charge on any atom is 0.307 e. The van der Waals surface area contributed by atoms with Gasteiger partial charge < -0.3 is 10.1 Å². The quantitative estimate of drug-likeness (QED) is 0.668. The van der Waals surface area contributed by atoms with Gasteiger partial charge in [-0.25, -0.2) is 0 Å². The summed E-state index contributed by atoms with van der Waals surface area (Å²) in [6, 6.07) is 5.80. The van der Waals surface area contributed by atoms with Gasteiger partial charge in [0.05, 0.1) is 6.42 Å². The van der Waals surface area contributed by atoms with Crippen LogP contribution in [-0.2, 0) is 14.3 Å². The molecule has 2 atom stereocenters. The summed E-state index contributed by atoms with van der Waals surface area (Å²) >= 11 is 0. The molecule has 4 nitrogen and oxygen atoms in total. The highest BCUT2D eigenvalue weighted by Crippen LogP contribution is 2.21. The van der Waals surface area contributed by atoms with E-state index in [2.05, 4.69) is 11.4 Å². The fourth-order valence-electron chi connectivity index (χ4n) is 2.57. The van der Waals surface area contributed by atoms with Crippen LogP contribution in [0.2, 0.25) is 0 Å². The first-order chi connectivity index (χ1) is 10.5. The van der Waals surface area contributed by atoms with E-state index in [1.807, 2.05) is 38.1 Å². The van der Waals surface area contributed by atoms with Gasteiger partial charge in [-0.1, -0.05) is 29.8 Å². The van der Waals surface area contributed by atoms with Crippen molar-refractivity contribution >= 4 is 17.6 Å². The molecule has 0 unspecified atom stereocenters. The highest BCUT2D eigenvalue weighted by molar-refractivity contribution is 5.95. The number of carbonyl (C=O) groups is 2. The number of rotatable bonds is 5. The van der Waals surface area contributed by atoms with Crippen molar-refractivity contribution < 1.29 is 14.3 Å². The van der Waals surface area contributed by atoms with E-state index in [4.69, 9.17) is 4.74 Å². The Balaban J connectivity index is 1.85. The molecule has 0 aliphatic heterocycles. The van der Waals surface area contributed by atoms with Crippen LogP contribution < -0.4 is 5.32 Å². The molecular weight excluding hydrogens is 278 g/mol. The maximum absolute atomic E-state index is 12.1. The number of amides is 1. The number of esters is 1. The van der Waals surface area contributed by atoms with Gasteiger partial charge in [-0.05, 0) is 51.2 Å². The molecule has 0 radical (unpaired) electrons. The van der Waals surface area contributed by atoms with Gasteiger partial charge in [0.15, 0.2) is 6.10 Å². The van der Waals surface area contributed by atoms with Gasteiger partial charge >= 0.3 is 5.97 Å². The van der Waals surface area contributed by atoms with E-state index in [-0.39, 0.29) is 17.8 Å². The monoisotopic (exact) mass is 301 g/mol. The first-order valence-corrected chi connectivity index (χ1v) is 7.70. The number of anilines is 1. The molecule has 1 aromatic carbocycles. The fourth-order valence-corrected chi connectivity index (χ4v) is 2.57. The largest absolute Gasteiger partial charge is 0.453 e. The van der Waals surface area contributed by atoms with Crippen molar-refractivity contribution in [3.05, 3.63) is 41.5 Å². The Bertz CT molecular complexity index is 592. The molecule has 1 aliphatic carbocycles. The molecule has 2 rings (SSSR count).